The summed E-state index contributed by atoms with van der Waals surface area (Å²) < 4.78 is 15.3. The number of imide groups is 1. The van der Waals surface area contributed by atoms with Crippen molar-refractivity contribution in [1.29, 1.82) is 0 Å². The maximum absolute atomic E-state index is 13.1. The number of carbonyl (C=O) groups is 3. The molecule has 1 unspecified atom stereocenters. The molecule has 0 aliphatic carbocycles. The topological polar surface area (TPSA) is 82.1 Å². The maximum atomic E-state index is 13.1. The summed E-state index contributed by atoms with van der Waals surface area (Å²) in [6, 6.07) is 6.80. The summed E-state index contributed by atoms with van der Waals surface area (Å²) in [5.74, 6) is -1.03. The highest BCUT2D eigenvalue weighted by Crippen LogP contribution is 2.41. The Morgan fingerprint density at radius 2 is 1.48 bits per heavy atom. The first-order valence-electron chi connectivity index (χ1n) is 8.48. The van der Waals surface area contributed by atoms with E-state index in [1.807, 2.05) is 0 Å². The van der Waals surface area contributed by atoms with Crippen molar-refractivity contribution in [1.82, 2.24) is 4.90 Å². The van der Waals surface area contributed by atoms with E-state index in [0.29, 0.717) is 17.1 Å². The van der Waals surface area contributed by atoms with Gasteiger partial charge in [-0.3, -0.25) is 19.3 Å². The van der Waals surface area contributed by atoms with E-state index in [0.717, 1.165) is 4.90 Å². The van der Waals surface area contributed by atoms with Gasteiger partial charge in [0.25, 0.3) is 11.8 Å². The monoisotopic (exact) mass is 437 g/mol. The van der Waals surface area contributed by atoms with Crippen LogP contribution in [0.1, 0.15) is 38.7 Å². The van der Waals surface area contributed by atoms with Crippen LogP contribution in [0.15, 0.2) is 30.3 Å². The van der Waals surface area contributed by atoms with E-state index in [-0.39, 0.29) is 27.6 Å². The standard InChI is InChI=1S/C20H17Cl2NO6/c1-27-14-7-4-10(8-15(14)28-2)13(9-16(24)29-3)23-19(25)17-11(21)5-6-12(22)18(17)20(23)26/h4-8,13H,9H2,1-3H3. The summed E-state index contributed by atoms with van der Waals surface area (Å²) in [5, 5.41) is 0.212. The largest absolute Gasteiger partial charge is 0.493 e. The molecule has 1 atom stereocenters. The molecule has 2 amide bonds. The SMILES string of the molecule is COC(=O)CC(c1ccc(OC)c(OC)c1)N1C(=O)c2c(Cl)ccc(Cl)c2C1=O. The molecule has 152 valence electrons. The van der Waals surface area contributed by atoms with Crippen molar-refractivity contribution in [3.8, 4) is 11.5 Å². The Kier molecular flexibility index (Phi) is 6.00. The van der Waals surface area contributed by atoms with E-state index in [4.69, 9.17) is 37.4 Å². The van der Waals surface area contributed by atoms with Gasteiger partial charge in [-0.2, -0.15) is 0 Å². The minimum atomic E-state index is -0.957. The zero-order chi connectivity index (χ0) is 21.3. The molecule has 0 aromatic heterocycles. The number of nitrogens with zero attached hydrogens (tertiary/aromatic N) is 1. The zero-order valence-corrected chi connectivity index (χ0v) is 17.3. The number of rotatable bonds is 6. The zero-order valence-electron chi connectivity index (χ0n) is 15.8. The molecule has 0 saturated carbocycles. The van der Waals surface area contributed by atoms with Crippen LogP contribution in [-0.2, 0) is 9.53 Å². The first kappa shape index (κ1) is 21.0. The summed E-state index contributed by atoms with van der Waals surface area (Å²) >= 11 is 12.3. The third-order valence-electron chi connectivity index (χ3n) is 4.66. The molecule has 29 heavy (non-hydrogen) atoms. The summed E-state index contributed by atoms with van der Waals surface area (Å²) in [7, 11) is 4.17. The fraction of sp³-hybridized carbons (Fsp3) is 0.250. The molecule has 2 aromatic rings. The molecule has 7 nitrogen and oxygen atoms in total. The molecule has 0 radical (unpaired) electrons. The van der Waals surface area contributed by atoms with Crippen molar-refractivity contribution < 1.29 is 28.6 Å². The summed E-state index contributed by atoms with van der Waals surface area (Å²) in [4.78, 5) is 39.2. The van der Waals surface area contributed by atoms with Crippen LogP contribution >= 0.6 is 23.2 Å². The average molecular weight is 438 g/mol. The van der Waals surface area contributed by atoms with Crippen molar-refractivity contribution in [2.75, 3.05) is 21.3 Å². The number of methoxy groups -OCH3 is 3. The van der Waals surface area contributed by atoms with Gasteiger partial charge in [0.1, 0.15) is 0 Å². The lowest BCUT2D eigenvalue weighted by atomic mass is 10.0. The lowest BCUT2D eigenvalue weighted by Crippen LogP contribution is -2.35. The van der Waals surface area contributed by atoms with Gasteiger partial charge >= 0.3 is 5.97 Å². The molecule has 0 saturated heterocycles. The molecular weight excluding hydrogens is 421 g/mol. The molecule has 9 heteroatoms. The first-order valence-corrected chi connectivity index (χ1v) is 9.24. The van der Waals surface area contributed by atoms with E-state index < -0.39 is 23.8 Å². The van der Waals surface area contributed by atoms with Crippen molar-refractivity contribution in [3.63, 3.8) is 0 Å². The highest BCUT2D eigenvalue weighted by Gasteiger charge is 2.44. The number of carbonyl (C=O) groups excluding carboxylic acids is 3. The van der Waals surface area contributed by atoms with Crippen LogP contribution in [0, 0.1) is 0 Å². The van der Waals surface area contributed by atoms with Crippen molar-refractivity contribution in [2.24, 2.45) is 0 Å². The molecule has 0 fully saturated rings. The van der Waals surface area contributed by atoms with Crippen LogP contribution < -0.4 is 9.47 Å². The Hall–Kier alpha value is -2.77. The minimum absolute atomic E-state index is 0.0134. The highest BCUT2D eigenvalue weighted by molar-refractivity contribution is 6.41. The van der Waals surface area contributed by atoms with Gasteiger partial charge in [0.2, 0.25) is 0 Å². The third-order valence-corrected chi connectivity index (χ3v) is 5.29. The van der Waals surface area contributed by atoms with Gasteiger partial charge in [-0.1, -0.05) is 29.3 Å². The number of fused-ring (bicyclic) bond motifs is 1. The van der Waals surface area contributed by atoms with E-state index >= 15 is 0 Å². The predicted molar refractivity (Wildman–Crippen MR) is 106 cm³/mol. The Morgan fingerprint density at radius 1 is 0.931 bits per heavy atom. The molecule has 2 aromatic carbocycles. The molecule has 3 rings (SSSR count). The molecule has 1 aliphatic heterocycles. The van der Waals surface area contributed by atoms with Gasteiger partial charge < -0.3 is 14.2 Å². The predicted octanol–water partition coefficient (Wildman–Crippen LogP) is 3.91. The number of amides is 2. The summed E-state index contributed by atoms with van der Waals surface area (Å²) in [5.41, 5.74) is 0.508. The van der Waals surface area contributed by atoms with E-state index in [1.54, 1.807) is 18.2 Å². The van der Waals surface area contributed by atoms with Crippen molar-refractivity contribution in [3.05, 3.63) is 57.1 Å². The van der Waals surface area contributed by atoms with Crippen molar-refractivity contribution in [2.45, 2.75) is 12.5 Å². The van der Waals surface area contributed by atoms with E-state index in [1.165, 1.54) is 33.5 Å². The summed E-state index contributed by atoms with van der Waals surface area (Å²) in [6.45, 7) is 0. The highest BCUT2D eigenvalue weighted by atomic mass is 35.5. The molecule has 0 bridgehead atoms. The fourth-order valence-electron chi connectivity index (χ4n) is 3.25. The van der Waals surface area contributed by atoms with Gasteiger partial charge in [-0.15, -0.1) is 0 Å². The average Bonchev–Trinajstić information content (AvgIpc) is 2.99. The Morgan fingerprint density at radius 3 is 1.97 bits per heavy atom. The molecule has 0 N–H and O–H groups in total. The molecule has 1 aliphatic rings. The van der Waals surface area contributed by atoms with Gasteiger partial charge in [-0.05, 0) is 29.8 Å². The fourth-order valence-corrected chi connectivity index (χ4v) is 3.72. The van der Waals surface area contributed by atoms with Crippen molar-refractivity contribution >= 4 is 41.0 Å². The maximum Gasteiger partial charge on any atom is 0.307 e. The van der Waals surface area contributed by atoms with Crippen LogP contribution in [0.2, 0.25) is 10.0 Å². The molecular formula is C20H17Cl2NO6. The lowest BCUT2D eigenvalue weighted by Gasteiger charge is -2.26. The Balaban J connectivity index is 2.13. The minimum Gasteiger partial charge on any atom is -0.493 e. The smallest absolute Gasteiger partial charge is 0.307 e. The van der Waals surface area contributed by atoms with Gasteiger partial charge in [0.15, 0.2) is 11.5 Å². The Labute approximate surface area is 177 Å². The second-order valence-corrected chi connectivity index (χ2v) is 6.98. The third kappa shape index (κ3) is 3.63. The Bertz CT molecular complexity index is 966. The van der Waals surface area contributed by atoms with Crippen LogP contribution in [0.25, 0.3) is 0 Å². The van der Waals surface area contributed by atoms with Crippen LogP contribution in [0.3, 0.4) is 0 Å². The number of esters is 1. The number of halogens is 2. The van der Waals surface area contributed by atoms with Crippen LogP contribution in [0.5, 0.6) is 11.5 Å². The first-order chi connectivity index (χ1) is 13.8. The molecule has 1 heterocycles. The van der Waals surface area contributed by atoms with Gasteiger partial charge in [0.05, 0.1) is 55.0 Å². The van der Waals surface area contributed by atoms with Gasteiger partial charge in [-0.25, -0.2) is 0 Å². The van der Waals surface area contributed by atoms with Crippen LogP contribution in [0.4, 0.5) is 0 Å². The second-order valence-electron chi connectivity index (χ2n) is 6.17. The quantitative estimate of drug-likeness (QED) is 0.503. The van der Waals surface area contributed by atoms with E-state index in [2.05, 4.69) is 0 Å². The molecule has 0 spiro atoms. The lowest BCUT2D eigenvalue weighted by molar-refractivity contribution is -0.141. The number of hydrogen-bond acceptors (Lipinski definition) is 6. The summed E-state index contributed by atoms with van der Waals surface area (Å²) in [6.07, 6.45) is -0.257. The normalized spacial score (nSPS) is 13.9. The van der Waals surface area contributed by atoms with Gasteiger partial charge in [0, 0.05) is 0 Å². The second kappa shape index (κ2) is 8.31. The number of hydrogen-bond donors (Lipinski definition) is 0. The van der Waals surface area contributed by atoms with E-state index in [9.17, 15) is 14.4 Å². The number of benzene rings is 2. The van der Waals surface area contributed by atoms with Crippen LogP contribution in [-0.4, -0.2) is 44.0 Å². The number of ether oxygens (including phenoxy) is 3.